The molecule has 0 amide bonds. The van der Waals surface area contributed by atoms with Crippen molar-refractivity contribution in [1.82, 2.24) is 0 Å². The topological polar surface area (TPSA) is 72.8 Å². The molecule has 112 valence electrons. The van der Waals surface area contributed by atoms with Crippen LogP contribution in [0.25, 0.3) is 0 Å². The van der Waals surface area contributed by atoms with Crippen LogP contribution in [0.5, 0.6) is 11.5 Å². The Morgan fingerprint density at radius 1 is 1.25 bits per heavy atom. The Hall–Kier alpha value is -0.980. The molecular weight excluding hydrogens is 304 g/mol. The van der Waals surface area contributed by atoms with Crippen LogP contribution >= 0.6 is 11.6 Å². The maximum absolute atomic E-state index is 11.8. The van der Waals surface area contributed by atoms with Crippen molar-refractivity contribution < 1.29 is 23.0 Å². The van der Waals surface area contributed by atoms with E-state index < -0.39 is 20.7 Å². The average Bonchev–Trinajstić information content (AvgIpc) is 2.35. The van der Waals surface area contributed by atoms with E-state index in [1.165, 1.54) is 26.0 Å². The Balaban J connectivity index is 2.48. The van der Waals surface area contributed by atoms with Gasteiger partial charge in [-0.05, 0) is 19.9 Å². The van der Waals surface area contributed by atoms with E-state index in [1.54, 1.807) is 0 Å². The van der Waals surface area contributed by atoms with E-state index in [-0.39, 0.29) is 5.02 Å². The Labute approximate surface area is 123 Å². The van der Waals surface area contributed by atoms with Crippen LogP contribution in [0.2, 0.25) is 5.02 Å². The Morgan fingerprint density at radius 2 is 1.75 bits per heavy atom. The van der Waals surface area contributed by atoms with Gasteiger partial charge in [0, 0.05) is 17.9 Å². The molecule has 5 nitrogen and oxygen atoms in total. The molecule has 1 atom stereocenters. The summed E-state index contributed by atoms with van der Waals surface area (Å²) in [6, 6.07) is 3.07. The molecule has 1 aromatic carbocycles. The number of rotatable bonds is 3. The first-order chi connectivity index (χ1) is 9.14. The number of aliphatic hydroxyl groups is 1. The predicted molar refractivity (Wildman–Crippen MR) is 76.3 cm³/mol. The van der Waals surface area contributed by atoms with Crippen LogP contribution in [0.3, 0.4) is 0 Å². The van der Waals surface area contributed by atoms with E-state index in [0.717, 1.165) is 6.26 Å². The fourth-order valence-corrected chi connectivity index (χ4v) is 2.66. The summed E-state index contributed by atoms with van der Waals surface area (Å²) in [5.74, 6) is 0.952. The summed E-state index contributed by atoms with van der Waals surface area (Å²) in [6.07, 6.45) is -0.178. The highest BCUT2D eigenvalue weighted by Gasteiger charge is 2.40. The second-order valence-electron chi connectivity index (χ2n) is 5.30. The van der Waals surface area contributed by atoms with E-state index in [2.05, 4.69) is 0 Å². The molecule has 1 aromatic rings. The highest BCUT2D eigenvalue weighted by Crippen LogP contribution is 2.41. The predicted octanol–water partition coefficient (Wildman–Crippen LogP) is 1.97. The number of sulfone groups is 1. The standard InChI is InChI=1S/C13H17ClO5S/c1-13(2,20(3,16)17)12(15)8-6-10-11(7-9(8)14)19-5-4-18-10/h6-7,12,15H,4-5H2,1-3H3. The zero-order valence-electron chi connectivity index (χ0n) is 11.5. The maximum Gasteiger partial charge on any atom is 0.162 e. The van der Waals surface area contributed by atoms with E-state index in [9.17, 15) is 13.5 Å². The van der Waals surface area contributed by atoms with Crippen LogP contribution in [0.4, 0.5) is 0 Å². The number of halogens is 1. The molecule has 20 heavy (non-hydrogen) atoms. The third kappa shape index (κ3) is 2.60. The molecule has 0 aliphatic carbocycles. The lowest BCUT2D eigenvalue weighted by Crippen LogP contribution is -2.38. The summed E-state index contributed by atoms with van der Waals surface area (Å²) >= 11 is 6.12. The number of fused-ring (bicyclic) bond motifs is 1. The van der Waals surface area contributed by atoms with Gasteiger partial charge < -0.3 is 14.6 Å². The van der Waals surface area contributed by atoms with Crippen molar-refractivity contribution in [3.05, 3.63) is 22.7 Å². The molecule has 1 heterocycles. The molecule has 0 saturated carbocycles. The molecule has 0 aromatic heterocycles. The third-order valence-electron chi connectivity index (χ3n) is 3.57. The molecule has 0 spiro atoms. The van der Waals surface area contributed by atoms with Gasteiger partial charge in [-0.3, -0.25) is 0 Å². The van der Waals surface area contributed by atoms with Crippen molar-refractivity contribution in [2.45, 2.75) is 24.7 Å². The van der Waals surface area contributed by atoms with Gasteiger partial charge in [0.2, 0.25) is 0 Å². The van der Waals surface area contributed by atoms with Gasteiger partial charge in [0.15, 0.2) is 21.3 Å². The number of hydrogen-bond donors (Lipinski definition) is 1. The summed E-state index contributed by atoms with van der Waals surface area (Å²) in [5.41, 5.74) is 0.311. The van der Waals surface area contributed by atoms with E-state index in [0.29, 0.717) is 30.3 Å². The first-order valence-corrected chi connectivity index (χ1v) is 8.38. The molecule has 0 fully saturated rings. The first kappa shape index (κ1) is 15.4. The number of hydrogen-bond acceptors (Lipinski definition) is 5. The van der Waals surface area contributed by atoms with Gasteiger partial charge in [0.25, 0.3) is 0 Å². The number of ether oxygens (including phenoxy) is 2. The maximum atomic E-state index is 11.8. The van der Waals surface area contributed by atoms with Crippen molar-refractivity contribution in [2.24, 2.45) is 0 Å². The summed E-state index contributed by atoms with van der Waals surface area (Å²) < 4.78 is 33.1. The van der Waals surface area contributed by atoms with Crippen LogP contribution in [-0.4, -0.2) is 37.7 Å². The molecule has 1 unspecified atom stereocenters. The zero-order valence-corrected chi connectivity index (χ0v) is 13.1. The third-order valence-corrected chi connectivity index (χ3v) is 6.03. The fourth-order valence-electron chi connectivity index (χ4n) is 1.87. The second kappa shape index (κ2) is 5.09. The molecule has 1 aliphatic heterocycles. The van der Waals surface area contributed by atoms with Crippen molar-refractivity contribution in [3.8, 4) is 11.5 Å². The molecule has 0 bridgehead atoms. The van der Waals surface area contributed by atoms with Crippen LogP contribution in [0.15, 0.2) is 12.1 Å². The van der Waals surface area contributed by atoms with Crippen molar-refractivity contribution >= 4 is 21.4 Å². The lowest BCUT2D eigenvalue weighted by Gasteiger charge is -2.30. The summed E-state index contributed by atoms with van der Waals surface area (Å²) in [6.45, 7) is 3.75. The fraction of sp³-hybridized carbons (Fsp3) is 0.538. The Bertz CT molecular complexity index is 624. The first-order valence-electron chi connectivity index (χ1n) is 6.11. The molecule has 0 saturated heterocycles. The lowest BCUT2D eigenvalue weighted by atomic mass is 9.97. The van der Waals surface area contributed by atoms with Gasteiger partial charge in [-0.1, -0.05) is 11.6 Å². The largest absolute Gasteiger partial charge is 0.486 e. The molecule has 2 rings (SSSR count). The highest BCUT2D eigenvalue weighted by atomic mass is 35.5. The normalized spacial score (nSPS) is 16.9. The summed E-state index contributed by atoms with van der Waals surface area (Å²) in [4.78, 5) is 0. The van der Waals surface area contributed by atoms with Gasteiger partial charge in [0.1, 0.15) is 13.2 Å². The second-order valence-corrected chi connectivity index (χ2v) is 8.30. The van der Waals surface area contributed by atoms with Crippen molar-refractivity contribution in [2.75, 3.05) is 19.5 Å². The quantitative estimate of drug-likeness (QED) is 0.921. The molecule has 0 radical (unpaired) electrons. The van der Waals surface area contributed by atoms with E-state index in [4.69, 9.17) is 21.1 Å². The van der Waals surface area contributed by atoms with Gasteiger partial charge in [0.05, 0.1) is 15.9 Å². The van der Waals surface area contributed by atoms with Crippen molar-refractivity contribution in [3.63, 3.8) is 0 Å². The summed E-state index contributed by atoms with van der Waals surface area (Å²) in [5, 5.41) is 10.7. The minimum atomic E-state index is -3.47. The van der Waals surface area contributed by atoms with Gasteiger partial charge in [-0.2, -0.15) is 0 Å². The molecule has 7 heteroatoms. The van der Waals surface area contributed by atoms with Crippen LogP contribution in [-0.2, 0) is 9.84 Å². The Kier molecular flexibility index (Phi) is 3.92. The Morgan fingerprint density at radius 3 is 2.25 bits per heavy atom. The van der Waals surface area contributed by atoms with Gasteiger partial charge >= 0.3 is 0 Å². The monoisotopic (exact) mass is 320 g/mol. The van der Waals surface area contributed by atoms with Gasteiger partial charge in [-0.15, -0.1) is 0 Å². The molecule has 1 aliphatic rings. The number of aliphatic hydroxyl groups excluding tert-OH is 1. The van der Waals surface area contributed by atoms with E-state index >= 15 is 0 Å². The zero-order chi connectivity index (χ0) is 15.1. The highest BCUT2D eigenvalue weighted by molar-refractivity contribution is 7.92. The van der Waals surface area contributed by atoms with Crippen LogP contribution in [0, 0.1) is 0 Å². The molecule has 1 N–H and O–H groups in total. The van der Waals surface area contributed by atoms with Crippen molar-refractivity contribution in [1.29, 1.82) is 0 Å². The molecular formula is C13H17ClO5S. The van der Waals surface area contributed by atoms with Crippen LogP contribution < -0.4 is 9.47 Å². The number of benzene rings is 1. The lowest BCUT2D eigenvalue weighted by molar-refractivity contribution is 0.137. The minimum absolute atomic E-state index is 0.249. The SMILES string of the molecule is CC(C)(C(O)c1cc2c(cc1Cl)OCCO2)S(C)(=O)=O. The average molecular weight is 321 g/mol. The van der Waals surface area contributed by atoms with Gasteiger partial charge in [-0.25, -0.2) is 8.42 Å². The minimum Gasteiger partial charge on any atom is -0.486 e. The van der Waals surface area contributed by atoms with E-state index in [1.807, 2.05) is 0 Å². The summed E-state index contributed by atoms with van der Waals surface area (Å²) in [7, 11) is -3.47. The smallest absolute Gasteiger partial charge is 0.162 e. The van der Waals surface area contributed by atoms with Crippen LogP contribution in [0.1, 0.15) is 25.5 Å².